The lowest BCUT2D eigenvalue weighted by atomic mass is 9.96. The van der Waals surface area contributed by atoms with Crippen molar-refractivity contribution >= 4 is 5.91 Å². The average molecular weight is 1350 g/mol. The molecule has 0 aromatic rings. The van der Waals surface area contributed by atoms with Crippen LogP contribution in [0, 0.1) is 0 Å². The molecule has 3 fully saturated rings. The van der Waals surface area contributed by atoms with Crippen LogP contribution >= 0.6 is 0 Å². The van der Waals surface area contributed by atoms with Crippen molar-refractivity contribution in [3.8, 4) is 0 Å². The van der Waals surface area contributed by atoms with Crippen LogP contribution in [0.3, 0.4) is 0 Å². The highest BCUT2D eigenvalue weighted by atomic mass is 16.8. The third-order valence-corrected chi connectivity index (χ3v) is 19.8. The fourth-order valence-electron chi connectivity index (χ4n) is 13.5. The molecule has 12 N–H and O–H groups in total. The minimum absolute atomic E-state index is 0.249. The fourth-order valence-corrected chi connectivity index (χ4v) is 13.5. The SMILES string of the molecule is CCCCCCCCC/C=C/C(O)C(COC1OC(CO)C(OC2OC(CO)C(OC3OC(CO)C(O)C(O)C3O)C(O)C2O)C(O)C1O)NC(=O)CCCCCCCCCCCCCCCCCCCCCCCCCCCCCCCCCCCCCCCCCC. The van der Waals surface area contributed by atoms with Crippen molar-refractivity contribution in [2.75, 3.05) is 26.4 Å². The summed E-state index contributed by atoms with van der Waals surface area (Å²) in [4.78, 5) is 13.4. The molecule has 3 saturated heterocycles. The molecule has 0 aromatic heterocycles. The molecule has 0 bridgehead atoms. The van der Waals surface area contributed by atoms with Crippen molar-refractivity contribution in [1.29, 1.82) is 0 Å². The molecule has 0 aromatic carbocycles. The minimum atomic E-state index is -1.97. The number of aliphatic hydroxyl groups excluding tert-OH is 11. The van der Waals surface area contributed by atoms with Gasteiger partial charge in [0, 0.05) is 6.42 Å². The van der Waals surface area contributed by atoms with Crippen LogP contribution in [0.2, 0.25) is 0 Å². The van der Waals surface area contributed by atoms with E-state index in [9.17, 15) is 61.0 Å². The predicted molar refractivity (Wildman–Crippen MR) is 370 cm³/mol. The number of carbonyl (C=O) groups excluding carboxylic acids is 1. The van der Waals surface area contributed by atoms with Crippen LogP contribution in [0.15, 0.2) is 12.2 Å². The summed E-state index contributed by atoms with van der Waals surface area (Å²) in [6, 6.07) is -0.967. The summed E-state index contributed by atoms with van der Waals surface area (Å²) >= 11 is 0. The number of carbonyl (C=O) groups is 1. The second-order valence-corrected chi connectivity index (χ2v) is 28.2. The first kappa shape index (κ1) is 86.8. The maximum absolute atomic E-state index is 13.4. The van der Waals surface area contributed by atoms with Gasteiger partial charge in [-0.2, -0.15) is 0 Å². The first-order chi connectivity index (χ1) is 45.8. The Hall–Kier alpha value is -1.47. The Morgan fingerprint density at radius 3 is 1.00 bits per heavy atom. The van der Waals surface area contributed by atoms with Crippen LogP contribution in [0.25, 0.3) is 0 Å². The number of allylic oxidation sites excluding steroid dienone is 1. The molecule has 0 aliphatic carbocycles. The highest BCUT2D eigenvalue weighted by Crippen LogP contribution is 2.33. The van der Waals surface area contributed by atoms with Gasteiger partial charge < -0.3 is 89.9 Å². The number of nitrogens with one attached hydrogen (secondary N) is 1. The third-order valence-electron chi connectivity index (χ3n) is 19.8. The number of amides is 1. The maximum Gasteiger partial charge on any atom is 0.220 e. The van der Waals surface area contributed by atoms with Crippen LogP contribution < -0.4 is 5.32 Å². The average Bonchev–Trinajstić information content (AvgIpc) is 0.789. The van der Waals surface area contributed by atoms with Gasteiger partial charge in [-0.1, -0.05) is 315 Å². The van der Waals surface area contributed by atoms with Crippen molar-refractivity contribution in [1.82, 2.24) is 5.32 Å². The second kappa shape index (κ2) is 57.2. The van der Waals surface area contributed by atoms with E-state index in [1.54, 1.807) is 6.08 Å². The summed E-state index contributed by atoms with van der Waals surface area (Å²) in [5.74, 6) is -0.271. The van der Waals surface area contributed by atoms with E-state index in [0.717, 1.165) is 44.9 Å². The van der Waals surface area contributed by atoms with E-state index in [1.165, 1.54) is 257 Å². The Balaban J connectivity index is 1.23. The molecule has 1 amide bonds. The first-order valence-electron chi connectivity index (χ1n) is 38.9. The van der Waals surface area contributed by atoms with E-state index in [0.29, 0.717) is 6.42 Å². The molecule has 17 atom stereocenters. The van der Waals surface area contributed by atoms with Gasteiger partial charge in [-0.05, 0) is 19.3 Å². The topological polar surface area (TPSA) is 307 Å². The smallest absolute Gasteiger partial charge is 0.220 e. The van der Waals surface area contributed by atoms with Gasteiger partial charge in [0.25, 0.3) is 0 Å². The van der Waals surface area contributed by atoms with Crippen molar-refractivity contribution in [2.24, 2.45) is 0 Å². The summed E-state index contributed by atoms with van der Waals surface area (Å²) in [6.45, 7) is 1.73. The number of hydrogen-bond donors (Lipinski definition) is 12. The van der Waals surface area contributed by atoms with E-state index < -0.39 is 124 Å². The molecule has 17 unspecified atom stereocenters. The Labute approximate surface area is 569 Å². The fraction of sp³-hybridized carbons (Fsp3) is 0.960. The first-order valence-corrected chi connectivity index (χ1v) is 38.9. The molecule has 0 radical (unpaired) electrons. The van der Waals surface area contributed by atoms with Gasteiger partial charge in [0.15, 0.2) is 18.9 Å². The van der Waals surface area contributed by atoms with Gasteiger partial charge in [-0.15, -0.1) is 0 Å². The van der Waals surface area contributed by atoms with Gasteiger partial charge in [-0.3, -0.25) is 4.79 Å². The zero-order chi connectivity index (χ0) is 68.2. The largest absolute Gasteiger partial charge is 0.394 e. The molecular weight excluding hydrogens is 1200 g/mol. The summed E-state index contributed by atoms with van der Waals surface area (Å²) < 4.78 is 34.3. The van der Waals surface area contributed by atoms with Crippen molar-refractivity contribution in [2.45, 2.75) is 433 Å². The number of ether oxygens (including phenoxy) is 6. The highest BCUT2D eigenvalue weighted by Gasteiger charge is 2.53. The quantitative estimate of drug-likeness (QED) is 0.0199. The number of rotatable bonds is 62. The Morgan fingerprint density at radius 2 is 0.660 bits per heavy atom. The lowest BCUT2D eigenvalue weighted by Crippen LogP contribution is -2.66. The van der Waals surface area contributed by atoms with E-state index >= 15 is 0 Å². The molecule has 3 rings (SSSR count). The summed E-state index contributed by atoms with van der Waals surface area (Å²) in [5.41, 5.74) is 0. The Bertz CT molecular complexity index is 1750. The lowest BCUT2D eigenvalue weighted by molar-refractivity contribution is -0.379. The summed E-state index contributed by atoms with van der Waals surface area (Å²) in [7, 11) is 0. The highest BCUT2D eigenvalue weighted by molar-refractivity contribution is 5.76. The Kier molecular flexibility index (Phi) is 52.8. The minimum Gasteiger partial charge on any atom is -0.394 e. The van der Waals surface area contributed by atoms with Gasteiger partial charge >= 0.3 is 0 Å². The van der Waals surface area contributed by atoms with Crippen LogP contribution in [-0.2, 0) is 33.2 Å². The van der Waals surface area contributed by atoms with Gasteiger partial charge in [-0.25, -0.2) is 0 Å². The molecule has 0 spiro atoms. The zero-order valence-corrected chi connectivity index (χ0v) is 59.2. The predicted octanol–water partition coefficient (Wildman–Crippen LogP) is 12.0. The normalized spacial score (nSPS) is 27.4. The van der Waals surface area contributed by atoms with Gasteiger partial charge in [0.2, 0.25) is 5.91 Å². The second-order valence-electron chi connectivity index (χ2n) is 28.2. The summed E-state index contributed by atoms with van der Waals surface area (Å²) in [6.07, 6.45) is 40.0. The van der Waals surface area contributed by atoms with Crippen LogP contribution in [0.1, 0.15) is 328 Å². The van der Waals surface area contributed by atoms with Crippen molar-refractivity contribution in [3.05, 3.63) is 12.2 Å². The number of aliphatic hydroxyl groups is 11. The maximum atomic E-state index is 13.4. The van der Waals surface area contributed by atoms with E-state index in [4.69, 9.17) is 28.4 Å². The van der Waals surface area contributed by atoms with E-state index in [-0.39, 0.29) is 18.9 Å². The Morgan fingerprint density at radius 1 is 0.372 bits per heavy atom. The number of unbranched alkanes of at least 4 members (excludes halogenated alkanes) is 46. The van der Waals surface area contributed by atoms with E-state index in [2.05, 4.69) is 19.2 Å². The molecule has 19 nitrogen and oxygen atoms in total. The monoisotopic (exact) mass is 1350 g/mol. The van der Waals surface area contributed by atoms with Crippen molar-refractivity contribution in [3.63, 3.8) is 0 Å². The van der Waals surface area contributed by atoms with E-state index in [1.807, 2.05) is 6.08 Å². The molecule has 94 heavy (non-hydrogen) atoms. The van der Waals surface area contributed by atoms with Crippen LogP contribution in [0.5, 0.6) is 0 Å². The van der Waals surface area contributed by atoms with Gasteiger partial charge in [0.05, 0.1) is 38.6 Å². The molecule has 3 aliphatic heterocycles. The standard InChI is InChI=1S/C75H143NO18/c1-3-5-7-9-11-13-14-15-16-17-18-19-20-21-22-23-24-25-26-27-28-29-30-31-32-33-34-35-36-37-38-39-40-41-42-43-45-47-49-51-53-63(81)76-58(59(80)52-50-48-46-44-12-10-8-6-4-2)57-89-73-69(87)66(84)71(61(55-78)91-73)94-75-70(88)67(85)72(62(56-79)92-75)93-74-68(86)65(83)64(82)60(54-77)90-74/h50,52,58-62,64-75,77-80,82-88H,3-49,51,53-57H2,1-2H3,(H,76,81)/b52-50+. The third kappa shape index (κ3) is 37.8. The molecule has 19 heteroatoms. The molecule has 0 saturated carbocycles. The molecule has 3 heterocycles. The van der Waals surface area contributed by atoms with Crippen LogP contribution in [0.4, 0.5) is 0 Å². The van der Waals surface area contributed by atoms with Crippen LogP contribution in [-0.4, -0.2) is 193 Å². The number of hydrogen-bond acceptors (Lipinski definition) is 18. The zero-order valence-electron chi connectivity index (χ0n) is 59.2. The van der Waals surface area contributed by atoms with Crippen molar-refractivity contribution < 1.29 is 89.4 Å². The van der Waals surface area contributed by atoms with Gasteiger partial charge in [0.1, 0.15) is 73.2 Å². The molecule has 556 valence electrons. The lowest BCUT2D eigenvalue weighted by Gasteiger charge is -2.48. The summed E-state index contributed by atoms with van der Waals surface area (Å²) in [5, 5.41) is 120. The molecule has 3 aliphatic rings. The molecular formula is C75H143NO18.